The lowest BCUT2D eigenvalue weighted by molar-refractivity contribution is 0.103. The molecule has 0 fully saturated rings. The molecule has 132 valence electrons. The first-order valence-electron chi connectivity index (χ1n) is 8.59. The number of ketones is 1. The summed E-state index contributed by atoms with van der Waals surface area (Å²) >= 11 is 0. The zero-order valence-corrected chi connectivity index (χ0v) is 14.8. The molecule has 3 rings (SSSR count). The van der Waals surface area contributed by atoms with E-state index in [-0.39, 0.29) is 11.7 Å². The molecule has 0 radical (unpaired) electrons. The molecule has 0 aromatic heterocycles. The second-order valence-electron chi connectivity index (χ2n) is 6.40. The van der Waals surface area contributed by atoms with Crippen LogP contribution in [0, 0.1) is 5.21 Å². The van der Waals surface area contributed by atoms with Gasteiger partial charge in [0.15, 0.2) is 5.78 Å². The van der Waals surface area contributed by atoms with Crippen LogP contribution in [0.2, 0.25) is 0 Å². The van der Waals surface area contributed by atoms with E-state index < -0.39 is 0 Å². The standard InChI is InChI=1S/C22H21N2O2/c1-16(2)18-13-14-21(24(26)23-19-11-7-4-8-12-19)20(15-18)22(25)17-9-5-3-6-10-17/h3-16,23H,1-2H3/q-1. The van der Waals surface area contributed by atoms with Gasteiger partial charge in [0.05, 0.1) is 11.4 Å². The third kappa shape index (κ3) is 3.92. The SMILES string of the molecule is CC(C)c1ccc(N([O-])Nc2ccccc2)c(C(=O)c2ccccc2)c1. The Morgan fingerprint density at radius 2 is 1.54 bits per heavy atom. The van der Waals surface area contributed by atoms with Gasteiger partial charge in [0.1, 0.15) is 0 Å². The second-order valence-corrected chi connectivity index (χ2v) is 6.40. The van der Waals surface area contributed by atoms with Crippen LogP contribution in [0.4, 0.5) is 11.4 Å². The van der Waals surface area contributed by atoms with Gasteiger partial charge in [0, 0.05) is 11.1 Å². The lowest BCUT2D eigenvalue weighted by Crippen LogP contribution is -2.25. The molecule has 0 aliphatic carbocycles. The van der Waals surface area contributed by atoms with E-state index in [1.54, 1.807) is 30.3 Å². The van der Waals surface area contributed by atoms with Crippen molar-refractivity contribution in [2.75, 3.05) is 10.6 Å². The monoisotopic (exact) mass is 345 g/mol. The smallest absolute Gasteiger partial charge is 0.195 e. The molecule has 3 aromatic carbocycles. The van der Waals surface area contributed by atoms with Gasteiger partial charge >= 0.3 is 0 Å². The van der Waals surface area contributed by atoms with Gasteiger partial charge in [0.25, 0.3) is 0 Å². The molecule has 0 spiro atoms. The number of anilines is 2. The predicted molar refractivity (Wildman–Crippen MR) is 106 cm³/mol. The number of nitrogens with one attached hydrogen (secondary N) is 1. The number of hydrazine groups is 1. The van der Waals surface area contributed by atoms with Crippen molar-refractivity contribution in [3.63, 3.8) is 0 Å². The molecule has 0 aliphatic rings. The van der Waals surface area contributed by atoms with Crippen molar-refractivity contribution in [1.29, 1.82) is 0 Å². The average Bonchev–Trinajstić information content (AvgIpc) is 2.68. The second kappa shape index (κ2) is 7.85. The van der Waals surface area contributed by atoms with E-state index in [2.05, 4.69) is 19.3 Å². The van der Waals surface area contributed by atoms with Gasteiger partial charge < -0.3 is 15.8 Å². The number of hydrogen-bond donors (Lipinski definition) is 1. The van der Waals surface area contributed by atoms with E-state index in [0.717, 1.165) is 5.56 Å². The molecule has 0 amide bonds. The van der Waals surface area contributed by atoms with Crippen molar-refractivity contribution in [3.05, 3.63) is 101 Å². The number of carbonyl (C=O) groups excluding carboxylic acids is 1. The summed E-state index contributed by atoms with van der Waals surface area (Å²) < 4.78 is 0. The maximum absolute atomic E-state index is 13.0. The summed E-state index contributed by atoms with van der Waals surface area (Å²) in [5.41, 5.74) is 5.70. The van der Waals surface area contributed by atoms with E-state index in [1.165, 1.54) is 0 Å². The molecule has 0 saturated heterocycles. The van der Waals surface area contributed by atoms with Crippen molar-refractivity contribution in [1.82, 2.24) is 0 Å². The fourth-order valence-corrected chi connectivity index (χ4v) is 2.71. The Kier molecular flexibility index (Phi) is 5.34. The van der Waals surface area contributed by atoms with E-state index in [9.17, 15) is 10.0 Å². The number of para-hydroxylation sites is 1. The maximum atomic E-state index is 13.0. The highest BCUT2D eigenvalue weighted by Gasteiger charge is 2.16. The van der Waals surface area contributed by atoms with Gasteiger partial charge in [-0.1, -0.05) is 68.4 Å². The van der Waals surface area contributed by atoms with Crippen LogP contribution in [0.25, 0.3) is 0 Å². The van der Waals surface area contributed by atoms with E-state index >= 15 is 0 Å². The fourth-order valence-electron chi connectivity index (χ4n) is 2.71. The normalized spacial score (nSPS) is 10.6. The Labute approximate surface area is 153 Å². The number of carbonyl (C=O) groups is 1. The molecule has 0 aliphatic heterocycles. The van der Waals surface area contributed by atoms with Crippen molar-refractivity contribution >= 4 is 17.2 Å². The Hall–Kier alpha value is -3.11. The van der Waals surface area contributed by atoms with E-state index in [0.29, 0.717) is 27.7 Å². The zero-order chi connectivity index (χ0) is 18.5. The van der Waals surface area contributed by atoms with Crippen LogP contribution in [0.1, 0.15) is 41.3 Å². The Balaban J connectivity index is 2.00. The highest BCUT2D eigenvalue weighted by molar-refractivity contribution is 6.12. The molecule has 1 N–H and O–H groups in total. The van der Waals surface area contributed by atoms with E-state index in [1.807, 2.05) is 48.5 Å². The zero-order valence-electron chi connectivity index (χ0n) is 14.8. The molecule has 4 nitrogen and oxygen atoms in total. The first-order valence-corrected chi connectivity index (χ1v) is 8.59. The molecule has 26 heavy (non-hydrogen) atoms. The van der Waals surface area contributed by atoms with Crippen LogP contribution in [0.3, 0.4) is 0 Å². The topological polar surface area (TPSA) is 55.4 Å². The summed E-state index contributed by atoms with van der Waals surface area (Å²) in [7, 11) is 0. The summed E-state index contributed by atoms with van der Waals surface area (Å²) in [6, 6.07) is 23.6. The van der Waals surface area contributed by atoms with Gasteiger partial charge in [-0.25, -0.2) is 0 Å². The number of rotatable bonds is 6. The minimum Gasteiger partial charge on any atom is -0.739 e. The number of hydrogen-bond acceptors (Lipinski definition) is 4. The molecule has 0 bridgehead atoms. The van der Waals surface area contributed by atoms with Crippen molar-refractivity contribution < 1.29 is 4.79 Å². The molecule has 0 saturated carbocycles. The lowest BCUT2D eigenvalue weighted by Gasteiger charge is -2.33. The van der Waals surface area contributed by atoms with Crippen LogP contribution in [0.5, 0.6) is 0 Å². The summed E-state index contributed by atoms with van der Waals surface area (Å²) in [4.78, 5) is 13.0. The van der Waals surface area contributed by atoms with Gasteiger partial charge in [0.2, 0.25) is 0 Å². The van der Waals surface area contributed by atoms with Gasteiger partial charge in [-0.2, -0.15) is 0 Å². The predicted octanol–water partition coefficient (Wildman–Crippen LogP) is 5.37. The molecular formula is C22H21N2O2-. The third-order valence-electron chi connectivity index (χ3n) is 4.19. The molecule has 0 atom stereocenters. The van der Waals surface area contributed by atoms with Gasteiger partial charge in [-0.05, 0) is 35.7 Å². The highest BCUT2D eigenvalue weighted by atomic mass is 16.5. The van der Waals surface area contributed by atoms with Crippen molar-refractivity contribution in [3.8, 4) is 0 Å². The lowest BCUT2D eigenvalue weighted by atomic mass is 9.95. The molecule has 0 heterocycles. The van der Waals surface area contributed by atoms with E-state index in [4.69, 9.17) is 0 Å². The van der Waals surface area contributed by atoms with Crippen LogP contribution in [0.15, 0.2) is 78.9 Å². The van der Waals surface area contributed by atoms with Crippen molar-refractivity contribution in [2.24, 2.45) is 0 Å². The summed E-state index contributed by atoms with van der Waals surface area (Å²) in [5.74, 6) is 0.0902. The highest BCUT2D eigenvalue weighted by Crippen LogP contribution is 2.28. The van der Waals surface area contributed by atoms with Gasteiger partial charge in [-0.15, -0.1) is 0 Å². The first-order chi connectivity index (χ1) is 12.6. The molecule has 4 heteroatoms. The minimum absolute atomic E-state index is 0.168. The van der Waals surface area contributed by atoms with Crippen LogP contribution in [-0.2, 0) is 0 Å². The molecular weight excluding hydrogens is 324 g/mol. The number of nitrogens with zero attached hydrogens (tertiary/aromatic N) is 1. The Bertz CT molecular complexity index is 877. The summed E-state index contributed by atoms with van der Waals surface area (Å²) in [6.45, 7) is 4.12. The van der Waals surface area contributed by atoms with Crippen LogP contribution < -0.4 is 10.6 Å². The molecule has 3 aromatic rings. The fraction of sp³-hybridized carbons (Fsp3) is 0.136. The van der Waals surface area contributed by atoms with Crippen LogP contribution in [-0.4, -0.2) is 5.78 Å². The summed E-state index contributed by atoms with van der Waals surface area (Å²) in [6.07, 6.45) is 0. The average molecular weight is 345 g/mol. The Morgan fingerprint density at radius 1 is 0.923 bits per heavy atom. The minimum atomic E-state index is -0.168. The maximum Gasteiger partial charge on any atom is 0.195 e. The number of benzene rings is 3. The van der Waals surface area contributed by atoms with Crippen LogP contribution >= 0.6 is 0 Å². The molecule has 0 unspecified atom stereocenters. The third-order valence-corrected chi connectivity index (χ3v) is 4.19. The summed E-state index contributed by atoms with van der Waals surface area (Å²) in [5, 5.41) is 13.4. The van der Waals surface area contributed by atoms with Gasteiger partial charge in [-0.3, -0.25) is 4.79 Å². The Morgan fingerprint density at radius 3 is 2.15 bits per heavy atom. The van der Waals surface area contributed by atoms with Crippen molar-refractivity contribution in [2.45, 2.75) is 19.8 Å². The first kappa shape index (κ1) is 17.7. The largest absolute Gasteiger partial charge is 0.739 e. The quantitative estimate of drug-likeness (QED) is 0.482.